The number of likely N-dealkylation sites (tertiary alicyclic amines) is 1. The molecule has 2 fully saturated rings. The first-order valence-corrected chi connectivity index (χ1v) is 13.7. The molecular formula is C30H33N7O3. The first-order valence-electron chi connectivity index (χ1n) is 13.7. The number of piperidine rings is 1. The molecule has 2 atom stereocenters. The fourth-order valence-electron chi connectivity index (χ4n) is 5.31. The standard InChI is InChI=1S/C30H33N7O3/c31-29-27-28(21-10-12-25(13-11-21)40-24-7-2-1-3-8-24)35-37(30(27)34-20-33-29)23-6-5-16-36(18-23)26(38)9-4-15-32-22-14-17-39-19-22/h1-4,7-13,20,22-23,32H,5-6,14-19H2,(H2,31,33,34)/b9-4+/t22-,23-/m1/s1. The highest BCUT2D eigenvalue weighted by Gasteiger charge is 2.28. The quantitative estimate of drug-likeness (QED) is 0.323. The maximum absolute atomic E-state index is 13.0. The first-order chi connectivity index (χ1) is 19.7. The summed E-state index contributed by atoms with van der Waals surface area (Å²) in [5, 5.41) is 9.10. The number of nitrogens with zero attached hydrogens (tertiary/aromatic N) is 5. The Morgan fingerprint density at radius 2 is 1.93 bits per heavy atom. The Hall–Kier alpha value is -4.28. The van der Waals surface area contributed by atoms with Gasteiger partial charge >= 0.3 is 0 Å². The number of fused-ring (bicyclic) bond motifs is 1. The summed E-state index contributed by atoms with van der Waals surface area (Å²) in [7, 11) is 0. The number of carbonyl (C=O) groups excluding carboxylic acids is 1. The number of carbonyl (C=O) groups is 1. The Bertz CT molecular complexity index is 1480. The number of hydrogen-bond acceptors (Lipinski definition) is 8. The summed E-state index contributed by atoms with van der Waals surface area (Å²) >= 11 is 0. The molecule has 2 saturated heterocycles. The number of para-hydroxylation sites is 1. The first kappa shape index (κ1) is 26.0. The summed E-state index contributed by atoms with van der Waals surface area (Å²) in [5.41, 5.74) is 8.61. The molecule has 0 bridgehead atoms. The van der Waals surface area contributed by atoms with Crippen LogP contribution in [0.2, 0.25) is 0 Å². The molecule has 6 rings (SSSR count). The molecule has 1 amide bonds. The molecule has 2 aliphatic heterocycles. The van der Waals surface area contributed by atoms with E-state index in [0.29, 0.717) is 41.7 Å². The molecule has 4 aromatic rings. The minimum atomic E-state index is -0.0221. The molecule has 10 nitrogen and oxygen atoms in total. The van der Waals surface area contributed by atoms with Gasteiger partial charge in [-0.15, -0.1) is 0 Å². The zero-order valence-corrected chi connectivity index (χ0v) is 22.3. The maximum atomic E-state index is 13.0. The van der Waals surface area contributed by atoms with Crippen molar-refractivity contribution in [3.05, 3.63) is 73.1 Å². The highest BCUT2D eigenvalue weighted by Crippen LogP contribution is 2.34. The number of anilines is 1. The number of ether oxygens (including phenoxy) is 2. The van der Waals surface area contributed by atoms with Crippen molar-refractivity contribution in [2.45, 2.75) is 31.3 Å². The average Bonchev–Trinajstić information content (AvgIpc) is 3.65. The summed E-state index contributed by atoms with van der Waals surface area (Å²) in [5.74, 6) is 1.88. The zero-order valence-electron chi connectivity index (χ0n) is 22.3. The molecule has 0 saturated carbocycles. The largest absolute Gasteiger partial charge is 0.457 e. The Balaban J connectivity index is 1.20. The number of aromatic nitrogens is 4. The van der Waals surface area contributed by atoms with Gasteiger partial charge in [0.05, 0.1) is 18.0 Å². The third kappa shape index (κ3) is 5.68. The van der Waals surface area contributed by atoms with E-state index in [1.807, 2.05) is 70.3 Å². The summed E-state index contributed by atoms with van der Waals surface area (Å²) in [6.45, 7) is 3.45. The van der Waals surface area contributed by atoms with Crippen molar-refractivity contribution in [1.82, 2.24) is 30.0 Å². The molecule has 0 spiro atoms. The minimum absolute atomic E-state index is 0.00833. The van der Waals surface area contributed by atoms with Crippen LogP contribution in [0.15, 0.2) is 73.1 Å². The fourth-order valence-corrected chi connectivity index (χ4v) is 5.31. The van der Waals surface area contributed by atoms with Crippen LogP contribution >= 0.6 is 0 Å². The van der Waals surface area contributed by atoms with Crippen molar-refractivity contribution >= 4 is 22.8 Å². The molecule has 3 N–H and O–H groups in total. The van der Waals surface area contributed by atoms with Gasteiger partial charge in [0.2, 0.25) is 5.91 Å². The predicted octanol–water partition coefficient (Wildman–Crippen LogP) is 3.97. The molecule has 4 heterocycles. The van der Waals surface area contributed by atoms with Crippen molar-refractivity contribution in [3.8, 4) is 22.8 Å². The Kier molecular flexibility index (Phi) is 7.69. The van der Waals surface area contributed by atoms with Gasteiger partial charge in [-0.1, -0.05) is 24.3 Å². The van der Waals surface area contributed by atoms with Gasteiger partial charge in [0.1, 0.15) is 29.3 Å². The number of amides is 1. The van der Waals surface area contributed by atoms with Gasteiger partial charge in [0.15, 0.2) is 5.65 Å². The molecule has 40 heavy (non-hydrogen) atoms. The zero-order chi connectivity index (χ0) is 27.3. The van der Waals surface area contributed by atoms with Gasteiger partial charge < -0.3 is 25.4 Å². The molecule has 2 aliphatic rings. The van der Waals surface area contributed by atoms with E-state index in [1.54, 1.807) is 6.08 Å². The smallest absolute Gasteiger partial charge is 0.246 e. The normalized spacial score (nSPS) is 19.4. The Morgan fingerprint density at radius 3 is 2.73 bits per heavy atom. The van der Waals surface area contributed by atoms with Crippen LogP contribution in [0.4, 0.5) is 5.82 Å². The molecule has 10 heteroatoms. The predicted molar refractivity (Wildman–Crippen MR) is 153 cm³/mol. The van der Waals surface area contributed by atoms with E-state index in [4.69, 9.17) is 20.3 Å². The molecule has 0 radical (unpaired) electrons. The lowest BCUT2D eigenvalue weighted by atomic mass is 10.1. The Labute approximate surface area is 232 Å². The van der Waals surface area contributed by atoms with E-state index in [-0.39, 0.29) is 11.9 Å². The second-order valence-corrected chi connectivity index (χ2v) is 10.1. The van der Waals surface area contributed by atoms with Crippen molar-refractivity contribution < 1.29 is 14.3 Å². The molecular weight excluding hydrogens is 506 g/mol. The Morgan fingerprint density at radius 1 is 1.10 bits per heavy atom. The lowest BCUT2D eigenvalue weighted by molar-refractivity contribution is -0.127. The number of nitrogens with two attached hydrogens (primary N) is 1. The SMILES string of the molecule is Nc1ncnc2c1c(-c1ccc(Oc3ccccc3)cc1)nn2[C@@H]1CCCN(C(=O)/C=C/CN[C@@H]2CCOC2)C1. The van der Waals surface area contributed by atoms with Crippen molar-refractivity contribution in [2.75, 3.05) is 38.6 Å². The number of hydrogen-bond donors (Lipinski definition) is 2. The van der Waals surface area contributed by atoms with Crippen LogP contribution in [0.1, 0.15) is 25.3 Å². The van der Waals surface area contributed by atoms with Gasteiger partial charge in [0, 0.05) is 43.9 Å². The molecule has 206 valence electrons. The molecule has 0 unspecified atom stereocenters. The van der Waals surface area contributed by atoms with Gasteiger partial charge in [-0.25, -0.2) is 14.6 Å². The molecule has 2 aromatic heterocycles. The summed E-state index contributed by atoms with van der Waals surface area (Å²) < 4.78 is 13.3. The van der Waals surface area contributed by atoms with Crippen LogP contribution in [0.3, 0.4) is 0 Å². The minimum Gasteiger partial charge on any atom is -0.457 e. The van der Waals surface area contributed by atoms with Gasteiger partial charge in [0.25, 0.3) is 0 Å². The van der Waals surface area contributed by atoms with E-state index in [2.05, 4.69) is 15.3 Å². The summed E-state index contributed by atoms with van der Waals surface area (Å²) in [6, 6.07) is 17.7. The van der Waals surface area contributed by atoms with Crippen molar-refractivity contribution in [3.63, 3.8) is 0 Å². The number of rotatable bonds is 8. The van der Waals surface area contributed by atoms with Crippen LogP contribution < -0.4 is 15.8 Å². The van der Waals surface area contributed by atoms with Crippen LogP contribution in [0, 0.1) is 0 Å². The van der Waals surface area contributed by atoms with E-state index in [1.165, 1.54) is 6.33 Å². The van der Waals surface area contributed by atoms with Crippen LogP contribution in [0.5, 0.6) is 11.5 Å². The fraction of sp³-hybridized carbons (Fsp3) is 0.333. The lowest BCUT2D eigenvalue weighted by Gasteiger charge is -2.32. The topological polar surface area (TPSA) is 120 Å². The monoisotopic (exact) mass is 539 g/mol. The van der Waals surface area contributed by atoms with Crippen molar-refractivity contribution in [2.24, 2.45) is 0 Å². The number of nitrogens with one attached hydrogen (secondary N) is 1. The van der Waals surface area contributed by atoms with E-state index in [9.17, 15) is 4.79 Å². The number of nitrogen functional groups attached to an aromatic ring is 1. The van der Waals surface area contributed by atoms with Crippen molar-refractivity contribution in [1.29, 1.82) is 0 Å². The second kappa shape index (κ2) is 11.8. The number of benzene rings is 2. The summed E-state index contributed by atoms with van der Waals surface area (Å²) in [6.07, 6.45) is 7.80. The lowest BCUT2D eigenvalue weighted by Crippen LogP contribution is -2.40. The maximum Gasteiger partial charge on any atom is 0.246 e. The van der Waals surface area contributed by atoms with E-state index >= 15 is 0 Å². The molecule has 2 aromatic carbocycles. The van der Waals surface area contributed by atoms with Gasteiger partial charge in [-0.05, 0) is 55.7 Å². The van der Waals surface area contributed by atoms with Gasteiger partial charge in [-0.3, -0.25) is 4.79 Å². The average molecular weight is 540 g/mol. The molecule has 0 aliphatic carbocycles. The summed E-state index contributed by atoms with van der Waals surface area (Å²) in [4.78, 5) is 23.7. The van der Waals surface area contributed by atoms with E-state index < -0.39 is 0 Å². The third-order valence-electron chi connectivity index (χ3n) is 7.39. The van der Waals surface area contributed by atoms with Gasteiger partial charge in [-0.2, -0.15) is 5.10 Å². The van der Waals surface area contributed by atoms with Crippen LogP contribution in [0.25, 0.3) is 22.3 Å². The third-order valence-corrected chi connectivity index (χ3v) is 7.39. The highest BCUT2D eigenvalue weighted by molar-refractivity contribution is 5.98. The van der Waals surface area contributed by atoms with E-state index in [0.717, 1.165) is 56.1 Å². The highest BCUT2D eigenvalue weighted by atomic mass is 16.5. The van der Waals surface area contributed by atoms with Crippen LogP contribution in [-0.4, -0.2) is 69.4 Å². The van der Waals surface area contributed by atoms with Crippen LogP contribution in [-0.2, 0) is 9.53 Å². The second-order valence-electron chi connectivity index (χ2n) is 10.1.